The minimum absolute atomic E-state index is 0.0388. The SMILES string of the molecule is COc1cc(S(=O)O)ncn1. The third kappa shape index (κ3) is 1.95. The van der Waals surface area contributed by atoms with Gasteiger partial charge < -0.3 is 9.29 Å². The van der Waals surface area contributed by atoms with Gasteiger partial charge in [-0.25, -0.2) is 14.2 Å². The highest BCUT2D eigenvalue weighted by Gasteiger charge is 2.02. The summed E-state index contributed by atoms with van der Waals surface area (Å²) >= 11 is -2.07. The van der Waals surface area contributed by atoms with Crippen LogP contribution in [0.25, 0.3) is 0 Å². The maximum atomic E-state index is 10.4. The predicted molar refractivity (Wildman–Crippen MR) is 37.6 cm³/mol. The largest absolute Gasteiger partial charge is 0.481 e. The number of aromatic nitrogens is 2. The molecule has 1 unspecified atom stereocenters. The molecule has 0 saturated heterocycles. The van der Waals surface area contributed by atoms with Crippen LogP contribution in [-0.4, -0.2) is 25.8 Å². The van der Waals surface area contributed by atoms with Gasteiger partial charge in [-0.15, -0.1) is 0 Å². The molecule has 0 aliphatic carbocycles. The van der Waals surface area contributed by atoms with Crippen molar-refractivity contribution in [3.05, 3.63) is 12.4 Å². The van der Waals surface area contributed by atoms with Crippen LogP contribution in [0.2, 0.25) is 0 Å². The van der Waals surface area contributed by atoms with Crippen molar-refractivity contribution in [3.8, 4) is 5.88 Å². The number of methoxy groups -OCH3 is 1. The maximum absolute atomic E-state index is 10.4. The Morgan fingerprint density at radius 1 is 1.64 bits per heavy atom. The lowest BCUT2D eigenvalue weighted by molar-refractivity contribution is 0.394. The first kappa shape index (κ1) is 8.09. The van der Waals surface area contributed by atoms with Crippen molar-refractivity contribution in [1.82, 2.24) is 9.97 Å². The fourth-order valence-corrected chi connectivity index (χ4v) is 0.869. The van der Waals surface area contributed by atoms with Crippen molar-refractivity contribution in [2.45, 2.75) is 5.03 Å². The van der Waals surface area contributed by atoms with Gasteiger partial charge in [-0.2, -0.15) is 0 Å². The van der Waals surface area contributed by atoms with Crippen LogP contribution < -0.4 is 4.74 Å². The molecule has 11 heavy (non-hydrogen) atoms. The molecule has 0 bridgehead atoms. The Hall–Kier alpha value is -1.01. The summed E-state index contributed by atoms with van der Waals surface area (Å²) in [6.07, 6.45) is 1.17. The fourth-order valence-electron chi connectivity index (χ4n) is 0.530. The van der Waals surface area contributed by atoms with Crippen LogP contribution in [-0.2, 0) is 11.1 Å². The fraction of sp³-hybridized carbons (Fsp3) is 0.200. The minimum Gasteiger partial charge on any atom is -0.481 e. The molecule has 0 aromatic carbocycles. The lowest BCUT2D eigenvalue weighted by atomic mass is 10.6. The molecule has 0 amide bonds. The zero-order valence-corrected chi connectivity index (χ0v) is 6.54. The summed E-state index contributed by atoms with van der Waals surface area (Å²) in [7, 11) is 1.42. The second kappa shape index (κ2) is 3.40. The third-order valence-electron chi connectivity index (χ3n) is 1.00. The monoisotopic (exact) mass is 174 g/mol. The van der Waals surface area contributed by atoms with Gasteiger partial charge in [0.2, 0.25) is 17.0 Å². The zero-order valence-electron chi connectivity index (χ0n) is 5.72. The average molecular weight is 174 g/mol. The topological polar surface area (TPSA) is 72.3 Å². The number of hydrogen-bond acceptors (Lipinski definition) is 4. The first-order chi connectivity index (χ1) is 5.24. The normalized spacial score (nSPS) is 12.5. The predicted octanol–water partition coefficient (Wildman–Crippen LogP) is 0.0658. The van der Waals surface area contributed by atoms with E-state index >= 15 is 0 Å². The standard InChI is InChI=1S/C5H6N2O3S/c1-10-4-2-5(11(8)9)7-3-6-4/h2-3H,1H3,(H,8,9). The summed E-state index contributed by atoms with van der Waals surface area (Å²) < 4.78 is 23.7. The van der Waals surface area contributed by atoms with Crippen molar-refractivity contribution >= 4 is 11.1 Å². The number of rotatable bonds is 2. The number of hydrogen-bond donors (Lipinski definition) is 1. The average Bonchev–Trinajstić information content (AvgIpc) is 2.05. The highest BCUT2D eigenvalue weighted by Crippen LogP contribution is 2.07. The van der Waals surface area contributed by atoms with E-state index in [1.807, 2.05) is 0 Å². The number of ether oxygens (including phenoxy) is 1. The summed E-state index contributed by atoms with van der Waals surface area (Å²) in [5, 5.41) is 0.0388. The summed E-state index contributed by atoms with van der Waals surface area (Å²) in [5.74, 6) is 0.275. The van der Waals surface area contributed by atoms with E-state index in [0.717, 1.165) is 0 Å². The first-order valence-corrected chi connectivity index (χ1v) is 3.81. The second-order valence-electron chi connectivity index (χ2n) is 1.65. The molecule has 1 atom stereocenters. The lowest BCUT2D eigenvalue weighted by Gasteiger charge is -1.97. The lowest BCUT2D eigenvalue weighted by Crippen LogP contribution is -1.95. The van der Waals surface area contributed by atoms with Crippen LogP contribution in [0.1, 0.15) is 0 Å². The molecule has 1 aromatic rings. The molecule has 0 fully saturated rings. The van der Waals surface area contributed by atoms with E-state index in [-0.39, 0.29) is 10.9 Å². The van der Waals surface area contributed by atoms with Gasteiger partial charge in [0, 0.05) is 6.07 Å². The van der Waals surface area contributed by atoms with Gasteiger partial charge in [-0.05, 0) is 0 Å². The highest BCUT2D eigenvalue weighted by atomic mass is 32.2. The van der Waals surface area contributed by atoms with Crippen molar-refractivity contribution in [2.24, 2.45) is 0 Å². The number of nitrogens with zero attached hydrogens (tertiary/aromatic N) is 2. The van der Waals surface area contributed by atoms with Crippen molar-refractivity contribution < 1.29 is 13.5 Å². The van der Waals surface area contributed by atoms with Crippen molar-refractivity contribution in [2.75, 3.05) is 7.11 Å². The van der Waals surface area contributed by atoms with Crippen LogP contribution >= 0.6 is 0 Å². The molecule has 1 aromatic heterocycles. The van der Waals surface area contributed by atoms with Crippen LogP contribution in [0.15, 0.2) is 17.4 Å². The van der Waals surface area contributed by atoms with E-state index in [0.29, 0.717) is 0 Å². The molecule has 0 radical (unpaired) electrons. The summed E-state index contributed by atoms with van der Waals surface area (Å²) in [5.41, 5.74) is 0. The van der Waals surface area contributed by atoms with E-state index in [2.05, 4.69) is 9.97 Å². The van der Waals surface area contributed by atoms with E-state index < -0.39 is 11.1 Å². The second-order valence-corrected chi connectivity index (χ2v) is 2.56. The van der Waals surface area contributed by atoms with Crippen LogP contribution in [0, 0.1) is 0 Å². The van der Waals surface area contributed by atoms with E-state index in [9.17, 15) is 4.21 Å². The van der Waals surface area contributed by atoms with Gasteiger partial charge in [0.15, 0.2) is 5.03 Å². The molecular formula is C5H6N2O3S. The van der Waals surface area contributed by atoms with Crippen LogP contribution in [0.4, 0.5) is 0 Å². The minimum atomic E-state index is -2.07. The molecule has 1 N–H and O–H groups in total. The molecule has 5 nitrogen and oxygen atoms in total. The zero-order chi connectivity index (χ0) is 8.27. The summed E-state index contributed by atoms with van der Waals surface area (Å²) in [6, 6.07) is 1.30. The van der Waals surface area contributed by atoms with Crippen molar-refractivity contribution in [1.29, 1.82) is 0 Å². The maximum Gasteiger partial charge on any atom is 0.217 e. The third-order valence-corrected chi connectivity index (χ3v) is 1.59. The van der Waals surface area contributed by atoms with Crippen molar-refractivity contribution in [3.63, 3.8) is 0 Å². The van der Waals surface area contributed by atoms with Gasteiger partial charge in [-0.3, -0.25) is 0 Å². The van der Waals surface area contributed by atoms with E-state index in [1.54, 1.807) is 0 Å². The molecule has 0 aliphatic heterocycles. The highest BCUT2D eigenvalue weighted by molar-refractivity contribution is 7.79. The van der Waals surface area contributed by atoms with Gasteiger partial charge in [0.05, 0.1) is 7.11 Å². The van der Waals surface area contributed by atoms with Gasteiger partial charge in [0.25, 0.3) is 0 Å². The molecular weight excluding hydrogens is 168 g/mol. The first-order valence-electron chi connectivity index (χ1n) is 2.71. The Labute approximate surface area is 65.7 Å². The Morgan fingerprint density at radius 3 is 2.91 bits per heavy atom. The molecule has 1 rings (SSSR count). The Bertz CT molecular complexity index is 278. The van der Waals surface area contributed by atoms with Gasteiger partial charge >= 0.3 is 0 Å². The quantitative estimate of drug-likeness (QED) is 0.507. The molecule has 0 aliphatic rings. The molecule has 1 heterocycles. The van der Waals surface area contributed by atoms with E-state index in [1.165, 1.54) is 19.5 Å². The molecule has 0 saturated carbocycles. The van der Waals surface area contributed by atoms with Crippen LogP contribution in [0.3, 0.4) is 0 Å². The smallest absolute Gasteiger partial charge is 0.217 e. The summed E-state index contributed by atoms with van der Waals surface area (Å²) in [6.45, 7) is 0. The molecule has 6 heteroatoms. The Balaban J connectivity index is 3.01. The Morgan fingerprint density at radius 2 is 2.36 bits per heavy atom. The molecule has 60 valence electrons. The van der Waals surface area contributed by atoms with Crippen LogP contribution in [0.5, 0.6) is 5.88 Å². The Kier molecular flexibility index (Phi) is 2.50. The van der Waals surface area contributed by atoms with Gasteiger partial charge in [-0.1, -0.05) is 0 Å². The molecule has 0 spiro atoms. The summed E-state index contributed by atoms with van der Waals surface area (Å²) in [4.78, 5) is 7.21. The van der Waals surface area contributed by atoms with Gasteiger partial charge in [0.1, 0.15) is 6.33 Å². The van der Waals surface area contributed by atoms with E-state index in [4.69, 9.17) is 9.29 Å².